The van der Waals surface area contributed by atoms with Crippen LogP contribution in [0.5, 0.6) is 0 Å². The Bertz CT molecular complexity index is 441. The van der Waals surface area contributed by atoms with Crippen LogP contribution in [-0.2, 0) is 20.7 Å². The first kappa shape index (κ1) is 10.4. The molecule has 1 aromatic rings. The summed E-state index contributed by atoms with van der Waals surface area (Å²) in [4.78, 5) is 22.4. The molecule has 0 radical (unpaired) electrons. The molecule has 2 rings (SSSR count). The molecule has 4 nitrogen and oxygen atoms in total. The van der Waals surface area contributed by atoms with Crippen molar-refractivity contribution in [3.63, 3.8) is 0 Å². The summed E-state index contributed by atoms with van der Waals surface area (Å²) in [6.07, 6.45) is 0.164. The third-order valence-electron chi connectivity index (χ3n) is 2.32. The first-order valence-electron chi connectivity index (χ1n) is 4.85. The molecule has 1 aliphatic rings. The second-order valence-corrected chi connectivity index (χ2v) is 3.48. The molecule has 0 amide bonds. The molecule has 0 aromatic heterocycles. The van der Waals surface area contributed by atoms with Gasteiger partial charge in [0, 0.05) is 6.42 Å². The van der Waals surface area contributed by atoms with Crippen LogP contribution in [0.2, 0.25) is 0 Å². The number of cyclic esters (lactones) is 1. The molecule has 1 N–H and O–H groups in total. The predicted molar refractivity (Wildman–Crippen MR) is 55.8 cm³/mol. The number of hydrogen-bond donors (Lipinski definition) is 1. The van der Waals surface area contributed by atoms with E-state index in [1.165, 1.54) is 0 Å². The van der Waals surface area contributed by atoms with Gasteiger partial charge in [-0.25, -0.2) is 4.79 Å². The van der Waals surface area contributed by atoms with Crippen LogP contribution >= 0.6 is 0 Å². The van der Waals surface area contributed by atoms with Gasteiger partial charge >= 0.3 is 5.97 Å². The molecule has 0 atom stereocenters. The van der Waals surface area contributed by atoms with Gasteiger partial charge in [-0.05, 0) is 5.56 Å². The van der Waals surface area contributed by atoms with Gasteiger partial charge < -0.3 is 9.84 Å². The number of ether oxygens (including phenoxy) is 1. The van der Waals surface area contributed by atoms with Crippen LogP contribution in [0.3, 0.4) is 0 Å². The standard InChI is InChI=1S/C12H10O4/c13-9(6-8-4-2-1-3-5-8)11-10(14)7-16-12(11)15/h1-5,13H,6-7H2/b11-9-. The molecule has 1 fully saturated rings. The summed E-state index contributed by atoms with van der Waals surface area (Å²) in [7, 11) is 0. The highest BCUT2D eigenvalue weighted by molar-refractivity contribution is 6.22. The number of carbonyl (C=O) groups is 2. The Morgan fingerprint density at radius 2 is 1.94 bits per heavy atom. The zero-order valence-electron chi connectivity index (χ0n) is 8.47. The van der Waals surface area contributed by atoms with E-state index in [1.54, 1.807) is 0 Å². The molecule has 0 bridgehead atoms. The minimum absolute atomic E-state index is 0.164. The highest BCUT2D eigenvalue weighted by Crippen LogP contribution is 2.16. The van der Waals surface area contributed by atoms with E-state index in [0.29, 0.717) is 0 Å². The van der Waals surface area contributed by atoms with E-state index in [1.807, 2.05) is 30.3 Å². The average Bonchev–Trinajstić information content (AvgIpc) is 2.60. The van der Waals surface area contributed by atoms with Gasteiger partial charge in [0.25, 0.3) is 0 Å². The number of Topliss-reactive ketones (excluding diaryl/α,β-unsaturated/α-hetero) is 1. The minimum atomic E-state index is -0.738. The minimum Gasteiger partial charge on any atom is -0.511 e. The Morgan fingerprint density at radius 3 is 2.50 bits per heavy atom. The highest BCUT2D eigenvalue weighted by atomic mass is 16.5. The Kier molecular flexibility index (Phi) is 2.72. The molecule has 82 valence electrons. The van der Waals surface area contributed by atoms with Gasteiger partial charge in [-0.1, -0.05) is 30.3 Å². The van der Waals surface area contributed by atoms with E-state index >= 15 is 0 Å². The van der Waals surface area contributed by atoms with Crippen LogP contribution in [0.1, 0.15) is 5.56 Å². The third-order valence-corrected chi connectivity index (χ3v) is 2.32. The van der Waals surface area contributed by atoms with Crippen molar-refractivity contribution in [2.45, 2.75) is 6.42 Å². The van der Waals surface area contributed by atoms with Crippen LogP contribution in [-0.4, -0.2) is 23.5 Å². The van der Waals surface area contributed by atoms with Crippen LogP contribution in [0.25, 0.3) is 0 Å². The van der Waals surface area contributed by atoms with E-state index in [4.69, 9.17) is 0 Å². The quantitative estimate of drug-likeness (QED) is 0.350. The summed E-state index contributed by atoms with van der Waals surface area (Å²) in [5, 5.41) is 9.70. The zero-order chi connectivity index (χ0) is 11.5. The molecule has 1 heterocycles. The summed E-state index contributed by atoms with van der Waals surface area (Å²) in [5.74, 6) is -1.42. The molecule has 16 heavy (non-hydrogen) atoms. The van der Waals surface area contributed by atoms with E-state index in [-0.39, 0.29) is 24.4 Å². The van der Waals surface area contributed by atoms with Crippen molar-refractivity contribution < 1.29 is 19.4 Å². The first-order valence-corrected chi connectivity index (χ1v) is 4.85. The van der Waals surface area contributed by atoms with E-state index in [0.717, 1.165) is 5.56 Å². The summed E-state index contributed by atoms with van der Waals surface area (Å²) >= 11 is 0. The van der Waals surface area contributed by atoms with Crippen LogP contribution < -0.4 is 0 Å². The molecule has 1 aromatic carbocycles. The van der Waals surface area contributed by atoms with Gasteiger partial charge in [0.05, 0.1) is 0 Å². The van der Waals surface area contributed by atoms with E-state index in [2.05, 4.69) is 4.74 Å². The van der Waals surface area contributed by atoms with E-state index in [9.17, 15) is 14.7 Å². The summed E-state index contributed by atoms with van der Waals surface area (Å²) in [6.45, 7) is -0.271. The Morgan fingerprint density at radius 1 is 1.25 bits per heavy atom. The lowest BCUT2D eigenvalue weighted by Crippen LogP contribution is -2.07. The lowest BCUT2D eigenvalue weighted by molar-refractivity contribution is -0.135. The lowest BCUT2D eigenvalue weighted by atomic mass is 10.1. The molecule has 1 saturated heterocycles. The zero-order valence-corrected chi connectivity index (χ0v) is 8.47. The van der Waals surface area contributed by atoms with Gasteiger partial charge in [-0.15, -0.1) is 0 Å². The van der Waals surface area contributed by atoms with Crippen molar-refractivity contribution in [3.8, 4) is 0 Å². The summed E-state index contributed by atoms with van der Waals surface area (Å²) < 4.78 is 4.53. The Hall–Kier alpha value is -2.10. The Labute approximate surface area is 92.2 Å². The van der Waals surface area contributed by atoms with Crippen LogP contribution in [0.15, 0.2) is 41.7 Å². The predicted octanol–water partition coefficient (Wildman–Crippen LogP) is 1.17. The smallest absolute Gasteiger partial charge is 0.345 e. The van der Waals surface area contributed by atoms with Gasteiger partial charge in [-0.3, -0.25) is 4.79 Å². The fourth-order valence-corrected chi connectivity index (χ4v) is 1.55. The van der Waals surface area contributed by atoms with Gasteiger partial charge in [0.1, 0.15) is 11.3 Å². The highest BCUT2D eigenvalue weighted by Gasteiger charge is 2.31. The molecule has 0 spiro atoms. The average molecular weight is 218 g/mol. The molecular weight excluding hydrogens is 208 g/mol. The maximum absolute atomic E-state index is 11.3. The third kappa shape index (κ3) is 1.95. The molecular formula is C12H10O4. The van der Waals surface area contributed by atoms with Gasteiger partial charge in [0.15, 0.2) is 6.61 Å². The lowest BCUT2D eigenvalue weighted by Gasteiger charge is -2.01. The molecule has 0 saturated carbocycles. The number of ketones is 1. The number of aliphatic hydroxyl groups excluding tert-OH is 1. The SMILES string of the molecule is O=C1COC(=O)/C1=C(\O)Cc1ccccc1. The second kappa shape index (κ2) is 4.18. The fourth-order valence-electron chi connectivity index (χ4n) is 1.55. The topological polar surface area (TPSA) is 63.6 Å². The number of hydrogen-bond acceptors (Lipinski definition) is 4. The molecule has 0 unspecified atom stereocenters. The number of benzene rings is 1. The van der Waals surface area contributed by atoms with Gasteiger partial charge in [0.2, 0.25) is 5.78 Å². The van der Waals surface area contributed by atoms with Crippen molar-refractivity contribution in [1.82, 2.24) is 0 Å². The number of esters is 1. The van der Waals surface area contributed by atoms with Gasteiger partial charge in [-0.2, -0.15) is 0 Å². The summed E-state index contributed by atoms with van der Waals surface area (Å²) in [6, 6.07) is 9.11. The van der Waals surface area contributed by atoms with Crippen molar-refractivity contribution in [2.24, 2.45) is 0 Å². The van der Waals surface area contributed by atoms with Crippen LogP contribution in [0, 0.1) is 0 Å². The molecule has 1 aliphatic heterocycles. The number of allylic oxidation sites excluding steroid dienone is 1. The van der Waals surface area contributed by atoms with Crippen molar-refractivity contribution in [3.05, 3.63) is 47.2 Å². The number of aliphatic hydroxyl groups is 1. The first-order chi connectivity index (χ1) is 7.68. The maximum atomic E-state index is 11.3. The largest absolute Gasteiger partial charge is 0.511 e. The number of carbonyl (C=O) groups excluding carboxylic acids is 2. The number of rotatable bonds is 2. The summed E-state index contributed by atoms with van der Waals surface area (Å²) in [5.41, 5.74) is 0.615. The van der Waals surface area contributed by atoms with Crippen molar-refractivity contribution in [2.75, 3.05) is 6.61 Å². The second-order valence-electron chi connectivity index (χ2n) is 3.48. The molecule has 0 aliphatic carbocycles. The van der Waals surface area contributed by atoms with E-state index < -0.39 is 11.8 Å². The van der Waals surface area contributed by atoms with Crippen LogP contribution in [0.4, 0.5) is 0 Å². The maximum Gasteiger partial charge on any atom is 0.345 e. The van der Waals surface area contributed by atoms with Crippen molar-refractivity contribution >= 4 is 11.8 Å². The fraction of sp³-hybridized carbons (Fsp3) is 0.167. The van der Waals surface area contributed by atoms with Crippen molar-refractivity contribution in [1.29, 1.82) is 0 Å². The Balaban J connectivity index is 2.25. The molecule has 4 heteroatoms. The monoisotopic (exact) mass is 218 g/mol. The normalized spacial score (nSPS) is 18.5.